The Morgan fingerprint density at radius 2 is 2.00 bits per heavy atom. The zero-order valence-electron chi connectivity index (χ0n) is 15.9. The first-order chi connectivity index (χ1) is 14.4. The summed E-state index contributed by atoms with van der Waals surface area (Å²) in [5.74, 6) is -1.51. The molecule has 0 fully saturated rings. The highest BCUT2D eigenvalue weighted by Crippen LogP contribution is 2.34. The Kier molecular flexibility index (Phi) is 6.73. The second-order valence-corrected chi connectivity index (χ2v) is 7.26. The number of hydrogen-bond donors (Lipinski definition) is 2. The standard InChI is InChI=1S/C21H18FNO6S/c1-30-11-16(21(26)27)23-19(24)10-28-14-6-7-15-17(9-14)29-18(20(15)25)8-12-2-4-13(22)5-3-12/h2-9,16H,10-11H2,1H3,(H,23,24)(H,26,27). The van der Waals surface area contributed by atoms with Gasteiger partial charge in [-0.2, -0.15) is 11.8 Å². The van der Waals surface area contributed by atoms with Crippen LogP contribution in [0.15, 0.2) is 48.2 Å². The lowest BCUT2D eigenvalue weighted by molar-refractivity contribution is -0.141. The monoisotopic (exact) mass is 431 g/mol. The maximum Gasteiger partial charge on any atom is 0.327 e. The third kappa shape index (κ3) is 5.18. The number of benzene rings is 2. The van der Waals surface area contributed by atoms with Crippen molar-refractivity contribution in [1.82, 2.24) is 5.32 Å². The van der Waals surface area contributed by atoms with Crippen molar-refractivity contribution in [3.63, 3.8) is 0 Å². The molecule has 7 nitrogen and oxygen atoms in total. The Bertz CT molecular complexity index is 1010. The molecule has 9 heteroatoms. The molecule has 30 heavy (non-hydrogen) atoms. The van der Waals surface area contributed by atoms with E-state index < -0.39 is 17.9 Å². The number of rotatable bonds is 8. The molecule has 0 aromatic heterocycles. The number of carboxylic acid groups (broad SMARTS) is 1. The van der Waals surface area contributed by atoms with Crippen LogP contribution in [0.2, 0.25) is 0 Å². The van der Waals surface area contributed by atoms with Crippen LogP contribution in [0.1, 0.15) is 15.9 Å². The highest BCUT2D eigenvalue weighted by Gasteiger charge is 2.28. The number of thioether (sulfide) groups is 1. The molecule has 0 spiro atoms. The van der Waals surface area contributed by atoms with Crippen molar-refractivity contribution < 1.29 is 33.4 Å². The van der Waals surface area contributed by atoms with E-state index in [0.717, 1.165) is 0 Å². The van der Waals surface area contributed by atoms with Crippen molar-refractivity contribution in [2.24, 2.45) is 0 Å². The number of fused-ring (bicyclic) bond motifs is 1. The maximum absolute atomic E-state index is 13.0. The molecule has 0 saturated heterocycles. The zero-order chi connectivity index (χ0) is 21.7. The van der Waals surface area contributed by atoms with Crippen LogP contribution in [0.3, 0.4) is 0 Å². The molecule has 1 aliphatic heterocycles. The van der Waals surface area contributed by atoms with Crippen LogP contribution in [0, 0.1) is 5.82 Å². The minimum atomic E-state index is -1.12. The molecule has 3 rings (SSSR count). The Morgan fingerprint density at radius 3 is 2.67 bits per heavy atom. The Labute approximate surface area is 175 Å². The second-order valence-electron chi connectivity index (χ2n) is 6.35. The van der Waals surface area contributed by atoms with E-state index in [9.17, 15) is 18.8 Å². The summed E-state index contributed by atoms with van der Waals surface area (Å²) in [6.45, 7) is -0.386. The highest BCUT2D eigenvalue weighted by molar-refractivity contribution is 7.98. The molecule has 2 aromatic carbocycles. The number of ketones is 1. The van der Waals surface area contributed by atoms with Crippen molar-refractivity contribution in [2.45, 2.75) is 6.04 Å². The lowest BCUT2D eigenvalue weighted by Gasteiger charge is -2.13. The fourth-order valence-corrected chi connectivity index (χ4v) is 3.25. The van der Waals surface area contributed by atoms with Gasteiger partial charge in [-0.1, -0.05) is 12.1 Å². The lowest BCUT2D eigenvalue weighted by atomic mass is 10.1. The molecule has 1 unspecified atom stereocenters. The van der Waals surface area contributed by atoms with Crippen LogP contribution >= 0.6 is 11.8 Å². The van der Waals surface area contributed by atoms with Crippen molar-refractivity contribution in [3.05, 3.63) is 65.2 Å². The third-order valence-electron chi connectivity index (χ3n) is 4.15. The van der Waals surface area contributed by atoms with E-state index >= 15 is 0 Å². The van der Waals surface area contributed by atoms with Crippen LogP contribution in [-0.4, -0.2) is 47.4 Å². The summed E-state index contributed by atoms with van der Waals surface area (Å²) in [7, 11) is 0. The van der Waals surface area contributed by atoms with Gasteiger partial charge in [-0.05, 0) is 42.2 Å². The number of hydrogen-bond acceptors (Lipinski definition) is 6. The van der Waals surface area contributed by atoms with E-state index in [1.165, 1.54) is 60.3 Å². The molecule has 1 amide bonds. The first kappa shape index (κ1) is 21.4. The smallest absolute Gasteiger partial charge is 0.327 e. The highest BCUT2D eigenvalue weighted by atomic mass is 32.2. The Hall–Kier alpha value is -3.33. The summed E-state index contributed by atoms with van der Waals surface area (Å²) >= 11 is 1.30. The number of amides is 1. The predicted molar refractivity (Wildman–Crippen MR) is 109 cm³/mol. The summed E-state index contributed by atoms with van der Waals surface area (Å²) in [6, 6.07) is 9.12. The van der Waals surface area contributed by atoms with Gasteiger partial charge in [-0.3, -0.25) is 9.59 Å². The minimum absolute atomic E-state index is 0.0906. The van der Waals surface area contributed by atoms with E-state index in [2.05, 4.69) is 5.32 Å². The second kappa shape index (κ2) is 9.45. The lowest BCUT2D eigenvalue weighted by Crippen LogP contribution is -2.44. The first-order valence-electron chi connectivity index (χ1n) is 8.85. The van der Waals surface area contributed by atoms with Crippen LogP contribution in [0.25, 0.3) is 6.08 Å². The van der Waals surface area contributed by atoms with Crippen molar-refractivity contribution in [1.29, 1.82) is 0 Å². The molecule has 2 aromatic rings. The van der Waals surface area contributed by atoms with Gasteiger partial charge in [0.1, 0.15) is 23.4 Å². The van der Waals surface area contributed by atoms with Gasteiger partial charge in [0.25, 0.3) is 5.91 Å². The predicted octanol–water partition coefficient (Wildman–Crippen LogP) is 2.75. The number of aliphatic carboxylic acids is 1. The topological polar surface area (TPSA) is 102 Å². The van der Waals surface area contributed by atoms with Crippen LogP contribution in [0.4, 0.5) is 4.39 Å². The maximum atomic E-state index is 13.0. The zero-order valence-corrected chi connectivity index (χ0v) is 16.7. The number of Topliss-reactive ketones (excluding diaryl/α,β-unsaturated/α-hetero) is 1. The normalized spacial score (nSPS) is 14.7. The molecule has 0 aliphatic carbocycles. The van der Waals surface area contributed by atoms with Gasteiger partial charge in [0.15, 0.2) is 12.4 Å². The quantitative estimate of drug-likeness (QED) is 0.620. The largest absolute Gasteiger partial charge is 0.484 e. The van der Waals surface area contributed by atoms with Gasteiger partial charge < -0.3 is 19.9 Å². The molecular formula is C21H18FNO6S. The summed E-state index contributed by atoms with van der Waals surface area (Å²) < 4.78 is 24.0. The van der Waals surface area contributed by atoms with E-state index in [4.69, 9.17) is 14.6 Å². The van der Waals surface area contributed by atoms with Gasteiger partial charge in [-0.25, -0.2) is 9.18 Å². The Balaban J connectivity index is 1.64. The number of halogens is 1. The van der Waals surface area contributed by atoms with E-state index in [-0.39, 0.29) is 41.2 Å². The molecule has 156 valence electrons. The van der Waals surface area contributed by atoms with Crippen molar-refractivity contribution in [2.75, 3.05) is 18.6 Å². The van der Waals surface area contributed by atoms with Gasteiger partial charge in [0.2, 0.25) is 5.78 Å². The molecule has 0 bridgehead atoms. The fraction of sp³-hybridized carbons (Fsp3) is 0.190. The van der Waals surface area contributed by atoms with Crippen molar-refractivity contribution in [3.8, 4) is 11.5 Å². The molecular weight excluding hydrogens is 413 g/mol. The van der Waals surface area contributed by atoms with Gasteiger partial charge in [0, 0.05) is 11.8 Å². The van der Waals surface area contributed by atoms with Gasteiger partial charge in [-0.15, -0.1) is 0 Å². The number of ether oxygens (including phenoxy) is 2. The van der Waals surface area contributed by atoms with E-state index in [1.807, 2.05) is 0 Å². The average molecular weight is 431 g/mol. The third-order valence-corrected chi connectivity index (χ3v) is 4.81. The number of nitrogens with one attached hydrogen (secondary N) is 1. The van der Waals surface area contributed by atoms with E-state index in [1.54, 1.807) is 6.26 Å². The molecule has 1 atom stereocenters. The van der Waals surface area contributed by atoms with E-state index in [0.29, 0.717) is 11.1 Å². The van der Waals surface area contributed by atoms with Crippen molar-refractivity contribution >= 4 is 35.5 Å². The van der Waals surface area contributed by atoms with Gasteiger partial charge >= 0.3 is 5.97 Å². The number of allylic oxidation sites excluding steroid dienone is 1. The molecule has 0 saturated carbocycles. The van der Waals surface area contributed by atoms with Gasteiger partial charge in [0.05, 0.1) is 5.56 Å². The summed E-state index contributed by atoms with van der Waals surface area (Å²) in [6.07, 6.45) is 3.25. The SMILES string of the molecule is CSCC(NC(=O)COc1ccc2c(c1)OC(=Cc1ccc(F)cc1)C2=O)C(=O)O. The van der Waals surface area contributed by atoms with Crippen LogP contribution in [-0.2, 0) is 9.59 Å². The molecule has 0 radical (unpaired) electrons. The Morgan fingerprint density at radius 1 is 1.27 bits per heavy atom. The summed E-state index contributed by atoms with van der Waals surface area (Å²) in [4.78, 5) is 35.5. The number of carbonyl (C=O) groups excluding carboxylic acids is 2. The average Bonchev–Trinajstić information content (AvgIpc) is 3.02. The first-order valence-corrected chi connectivity index (χ1v) is 10.2. The molecule has 1 heterocycles. The number of carbonyl (C=O) groups is 3. The molecule has 2 N–H and O–H groups in total. The molecule has 1 aliphatic rings. The summed E-state index contributed by atoms with van der Waals surface area (Å²) in [5.41, 5.74) is 0.949. The summed E-state index contributed by atoms with van der Waals surface area (Å²) in [5, 5.41) is 11.5. The van der Waals surface area contributed by atoms with Crippen LogP contribution < -0.4 is 14.8 Å². The number of carboxylic acids is 1. The minimum Gasteiger partial charge on any atom is -0.484 e. The van der Waals surface area contributed by atoms with Crippen LogP contribution in [0.5, 0.6) is 11.5 Å². The fourth-order valence-electron chi connectivity index (χ4n) is 2.69.